The van der Waals surface area contributed by atoms with E-state index >= 15 is 0 Å². The van der Waals surface area contributed by atoms with Gasteiger partial charge in [-0.3, -0.25) is 9.48 Å². The molecule has 1 aromatic heterocycles. The summed E-state index contributed by atoms with van der Waals surface area (Å²) >= 11 is 1.38. The zero-order chi connectivity index (χ0) is 13.8. The minimum Gasteiger partial charge on any atom is -0.481 e. The molecule has 0 radical (unpaired) electrons. The van der Waals surface area contributed by atoms with Gasteiger partial charge in [-0.2, -0.15) is 5.10 Å². The highest BCUT2D eigenvalue weighted by molar-refractivity contribution is 7.99. The van der Waals surface area contributed by atoms with Crippen LogP contribution in [0.3, 0.4) is 0 Å². The van der Waals surface area contributed by atoms with Gasteiger partial charge in [0.05, 0.1) is 22.5 Å². The highest BCUT2D eigenvalue weighted by atomic mass is 32.2. The standard InChI is InChI=1S/C14H22N2O2S/c1-3-10(2)16-13(19-9-14(17)18)8-12(15-16)11-6-4-5-7-11/h8,10-11H,3-7,9H2,1-2H3,(H,17,18). The third kappa shape index (κ3) is 3.53. The van der Waals surface area contributed by atoms with Crippen molar-refractivity contribution in [3.8, 4) is 0 Å². The second kappa shape index (κ2) is 6.46. The van der Waals surface area contributed by atoms with Crippen LogP contribution in [-0.2, 0) is 4.79 Å². The summed E-state index contributed by atoms with van der Waals surface area (Å²) in [6.45, 7) is 4.27. The van der Waals surface area contributed by atoms with Crippen LogP contribution in [0.4, 0.5) is 0 Å². The highest BCUT2D eigenvalue weighted by Crippen LogP contribution is 2.36. The molecule has 0 spiro atoms. The van der Waals surface area contributed by atoms with Crippen molar-refractivity contribution in [2.24, 2.45) is 0 Å². The summed E-state index contributed by atoms with van der Waals surface area (Å²) in [7, 11) is 0. The Morgan fingerprint density at radius 1 is 1.58 bits per heavy atom. The first-order valence-electron chi connectivity index (χ1n) is 7.05. The largest absolute Gasteiger partial charge is 0.481 e. The van der Waals surface area contributed by atoms with E-state index in [2.05, 4.69) is 19.9 Å². The molecule has 1 aliphatic carbocycles. The molecule has 1 aliphatic rings. The molecule has 1 unspecified atom stereocenters. The van der Waals surface area contributed by atoms with Gasteiger partial charge in [-0.15, -0.1) is 0 Å². The van der Waals surface area contributed by atoms with Crippen molar-refractivity contribution in [1.29, 1.82) is 0 Å². The summed E-state index contributed by atoms with van der Waals surface area (Å²) in [4.78, 5) is 10.7. The normalized spacial score (nSPS) is 17.8. The minimum absolute atomic E-state index is 0.103. The second-order valence-electron chi connectivity index (χ2n) is 5.27. The number of hydrogen-bond acceptors (Lipinski definition) is 3. The van der Waals surface area contributed by atoms with E-state index in [9.17, 15) is 4.79 Å². The fourth-order valence-electron chi connectivity index (χ4n) is 2.55. The number of carboxylic acid groups (broad SMARTS) is 1. The Hall–Kier alpha value is -0.970. The third-order valence-electron chi connectivity index (χ3n) is 3.85. The van der Waals surface area contributed by atoms with Crippen LogP contribution in [-0.4, -0.2) is 26.6 Å². The van der Waals surface area contributed by atoms with E-state index in [4.69, 9.17) is 10.2 Å². The number of aromatic nitrogens is 2. The fourth-order valence-corrected chi connectivity index (χ4v) is 3.38. The van der Waals surface area contributed by atoms with E-state index in [0.29, 0.717) is 12.0 Å². The van der Waals surface area contributed by atoms with Crippen molar-refractivity contribution in [2.45, 2.75) is 62.9 Å². The lowest BCUT2D eigenvalue weighted by atomic mass is 10.1. The van der Waals surface area contributed by atoms with Gasteiger partial charge in [0.25, 0.3) is 0 Å². The highest BCUT2D eigenvalue weighted by Gasteiger charge is 2.22. The topological polar surface area (TPSA) is 55.1 Å². The van der Waals surface area contributed by atoms with E-state index in [0.717, 1.165) is 17.1 Å². The van der Waals surface area contributed by atoms with Crippen LogP contribution in [0.2, 0.25) is 0 Å². The van der Waals surface area contributed by atoms with Crippen LogP contribution < -0.4 is 0 Å². The lowest BCUT2D eigenvalue weighted by molar-refractivity contribution is -0.133. The molecular formula is C14H22N2O2S. The Labute approximate surface area is 118 Å². The summed E-state index contributed by atoms with van der Waals surface area (Å²) in [6, 6.07) is 2.43. The van der Waals surface area contributed by atoms with Crippen LogP contribution in [0.1, 0.15) is 63.6 Å². The van der Waals surface area contributed by atoms with Crippen molar-refractivity contribution in [1.82, 2.24) is 9.78 Å². The van der Waals surface area contributed by atoms with Gasteiger partial charge in [0.2, 0.25) is 0 Å². The molecule has 19 heavy (non-hydrogen) atoms. The maximum absolute atomic E-state index is 10.7. The molecule has 5 heteroatoms. The zero-order valence-electron chi connectivity index (χ0n) is 11.6. The van der Waals surface area contributed by atoms with E-state index in [-0.39, 0.29) is 5.75 Å². The lowest BCUT2D eigenvalue weighted by Crippen LogP contribution is -2.09. The molecule has 0 amide bonds. The maximum atomic E-state index is 10.7. The average Bonchev–Trinajstić information content (AvgIpc) is 3.03. The first kappa shape index (κ1) is 14.4. The van der Waals surface area contributed by atoms with Crippen molar-refractivity contribution in [3.05, 3.63) is 11.8 Å². The SMILES string of the molecule is CCC(C)n1nc(C2CCCC2)cc1SCC(=O)O. The quantitative estimate of drug-likeness (QED) is 0.808. The van der Waals surface area contributed by atoms with Crippen LogP contribution in [0.25, 0.3) is 0 Å². The first-order valence-corrected chi connectivity index (χ1v) is 8.04. The number of hydrogen-bond donors (Lipinski definition) is 1. The molecule has 0 bridgehead atoms. The molecule has 1 aromatic rings. The minimum atomic E-state index is -0.774. The molecule has 2 rings (SSSR count). The Kier molecular flexibility index (Phi) is 4.91. The molecule has 1 N–H and O–H groups in total. The van der Waals surface area contributed by atoms with Crippen LogP contribution >= 0.6 is 11.8 Å². The van der Waals surface area contributed by atoms with Crippen molar-refractivity contribution in [2.75, 3.05) is 5.75 Å². The third-order valence-corrected chi connectivity index (χ3v) is 4.84. The lowest BCUT2D eigenvalue weighted by Gasteiger charge is -2.12. The summed E-state index contributed by atoms with van der Waals surface area (Å²) in [5.41, 5.74) is 1.16. The monoisotopic (exact) mass is 282 g/mol. The predicted octanol–water partition coefficient (Wildman–Crippen LogP) is 3.69. The summed E-state index contributed by atoms with van der Waals surface area (Å²) in [6.07, 6.45) is 6.03. The van der Waals surface area contributed by atoms with E-state index in [1.807, 2.05) is 4.68 Å². The molecule has 1 saturated carbocycles. The smallest absolute Gasteiger partial charge is 0.313 e. The van der Waals surface area contributed by atoms with Crippen molar-refractivity contribution < 1.29 is 9.90 Å². The van der Waals surface area contributed by atoms with Gasteiger partial charge in [-0.05, 0) is 32.3 Å². The molecule has 1 fully saturated rings. The Bertz CT molecular complexity index is 439. The Balaban J connectivity index is 2.19. The van der Waals surface area contributed by atoms with Gasteiger partial charge in [-0.25, -0.2) is 0 Å². The van der Waals surface area contributed by atoms with Crippen molar-refractivity contribution in [3.63, 3.8) is 0 Å². The summed E-state index contributed by atoms with van der Waals surface area (Å²) in [5.74, 6) is -0.0921. The van der Waals surface area contributed by atoms with E-state index in [1.165, 1.54) is 37.4 Å². The molecule has 1 heterocycles. The second-order valence-corrected chi connectivity index (χ2v) is 6.27. The number of nitrogens with zero attached hydrogens (tertiary/aromatic N) is 2. The first-order chi connectivity index (χ1) is 9.11. The Morgan fingerprint density at radius 3 is 2.84 bits per heavy atom. The van der Waals surface area contributed by atoms with Gasteiger partial charge in [0.1, 0.15) is 0 Å². The number of carboxylic acids is 1. The van der Waals surface area contributed by atoms with Gasteiger partial charge < -0.3 is 5.11 Å². The molecular weight excluding hydrogens is 260 g/mol. The van der Waals surface area contributed by atoms with Crippen LogP contribution in [0.15, 0.2) is 11.1 Å². The zero-order valence-corrected chi connectivity index (χ0v) is 12.4. The molecule has 4 nitrogen and oxygen atoms in total. The number of carbonyl (C=O) groups is 1. The van der Waals surface area contributed by atoms with E-state index < -0.39 is 5.97 Å². The van der Waals surface area contributed by atoms with E-state index in [1.54, 1.807) is 0 Å². The van der Waals surface area contributed by atoms with Gasteiger partial charge in [0.15, 0.2) is 0 Å². The number of aliphatic carboxylic acids is 1. The maximum Gasteiger partial charge on any atom is 0.313 e. The Morgan fingerprint density at radius 2 is 2.26 bits per heavy atom. The fraction of sp³-hybridized carbons (Fsp3) is 0.714. The number of thioether (sulfide) groups is 1. The summed E-state index contributed by atoms with van der Waals surface area (Å²) in [5, 5.41) is 14.6. The molecule has 1 atom stereocenters. The number of rotatable bonds is 6. The summed E-state index contributed by atoms with van der Waals surface area (Å²) < 4.78 is 2.02. The molecule has 0 saturated heterocycles. The van der Waals surface area contributed by atoms with Gasteiger partial charge >= 0.3 is 5.97 Å². The van der Waals surface area contributed by atoms with Crippen molar-refractivity contribution >= 4 is 17.7 Å². The van der Waals surface area contributed by atoms with Crippen LogP contribution in [0, 0.1) is 0 Å². The predicted molar refractivity (Wildman–Crippen MR) is 76.8 cm³/mol. The average molecular weight is 282 g/mol. The van der Waals surface area contributed by atoms with Gasteiger partial charge in [-0.1, -0.05) is 31.5 Å². The van der Waals surface area contributed by atoms with Crippen LogP contribution in [0.5, 0.6) is 0 Å². The van der Waals surface area contributed by atoms with Gasteiger partial charge in [0, 0.05) is 5.92 Å². The molecule has 0 aliphatic heterocycles. The molecule has 106 valence electrons. The molecule has 0 aromatic carbocycles.